The summed E-state index contributed by atoms with van der Waals surface area (Å²) >= 11 is 14.7. The number of carbonyl (C=O) groups excluding carboxylic acids is 4. The number of para-hydroxylation sites is 2. The number of hydrogen-bond acceptors (Lipinski definition) is 8. The van der Waals surface area contributed by atoms with E-state index in [2.05, 4.69) is 16.7 Å². The molecule has 2 aliphatic rings. The van der Waals surface area contributed by atoms with Gasteiger partial charge in [0.05, 0.1) is 21.9 Å². The molecule has 10 nitrogen and oxygen atoms in total. The van der Waals surface area contributed by atoms with Crippen LogP contribution < -0.4 is 20.4 Å². The Kier molecular flexibility index (Phi) is 13.2. The Balaban J connectivity index is 1.09. The Morgan fingerprint density at radius 3 is 1.84 bits per heavy atom. The molecule has 4 atom stereocenters. The molecule has 4 amide bonds. The smallest absolute Gasteiger partial charge is 0.264 e. The van der Waals surface area contributed by atoms with Crippen molar-refractivity contribution in [1.82, 2.24) is 10.6 Å². The predicted molar refractivity (Wildman–Crippen MR) is 217 cm³/mol. The highest BCUT2D eigenvalue weighted by Crippen LogP contribution is 2.42. The number of nitrogens with zero attached hydrogens (tertiary/aromatic N) is 4. The van der Waals surface area contributed by atoms with Crippen molar-refractivity contribution in [3.63, 3.8) is 0 Å². The van der Waals surface area contributed by atoms with Crippen LogP contribution in [0.5, 0.6) is 0 Å². The van der Waals surface area contributed by atoms with Crippen molar-refractivity contribution in [2.24, 2.45) is 5.92 Å². The Morgan fingerprint density at radius 1 is 0.727 bits per heavy atom. The van der Waals surface area contributed by atoms with Gasteiger partial charge in [-0.3, -0.25) is 29.0 Å². The fourth-order valence-corrected chi connectivity index (χ4v) is 9.35. The monoisotopic (exact) mass is 808 g/mol. The van der Waals surface area contributed by atoms with Crippen LogP contribution in [0.2, 0.25) is 10.0 Å². The fourth-order valence-electron chi connectivity index (χ4n) is 6.25. The number of thioether (sulfide) groups is 2. The summed E-state index contributed by atoms with van der Waals surface area (Å²) in [6, 6.07) is 36.5. The minimum absolute atomic E-state index is 0.0250. The summed E-state index contributed by atoms with van der Waals surface area (Å²) in [5.74, 6) is -2.71. The molecule has 4 aromatic rings. The van der Waals surface area contributed by atoms with Gasteiger partial charge in [0.2, 0.25) is 17.7 Å². The van der Waals surface area contributed by atoms with Crippen LogP contribution in [-0.4, -0.2) is 52.6 Å². The minimum Gasteiger partial charge on any atom is -0.353 e. The molecule has 14 heteroatoms. The second-order valence-electron chi connectivity index (χ2n) is 12.7. The van der Waals surface area contributed by atoms with Crippen molar-refractivity contribution in [3.8, 4) is 12.1 Å². The number of halogens is 2. The van der Waals surface area contributed by atoms with Gasteiger partial charge in [0, 0.05) is 40.9 Å². The first kappa shape index (κ1) is 39.5. The van der Waals surface area contributed by atoms with Crippen molar-refractivity contribution >= 4 is 81.7 Å². The van der Waals surface area contributed by atoms with Crippen molar-refractivity contribution in [2.45, 2.75) is 35.1 Å². The molecule has 0 aliphatic carbocycles. The van der Waals surface area contributed by atoms with Gasteiger partial charge >= 0.3 is 0 Å². The van der Waals surface area contributed by atoms with E-state index in [-0.39, 0.29) is 41.9 Å². The molecule has 0 radical (unpaired) electrons. The maximum Gasteiger partial charge on any atom is 0.264 e. The second-order valence-corrected chi connectivity index (χ2v) is 16.1. The number of hydrogen-bond donors (Lipinski definition) is 2. The molecule has 4 aromatic carbocycles. The van der Waals surface area contributed by atoms with E-state index in [9.17, 15) is 29.7 Å². The average molecular weight is 810 g/mol. The summed E-state index contributed by atoms with van der Waals surface area (Å²) < 4.78 is 0. The zero-order chi connectivity index (χ0) is 38.9. The van der Waals surface area contributed by atoms with E-state index in [1.54, 1.807) is 59.5 Å². The van der Waals surface area contributed by atoms with Gasteiger partial charge in [-0.15, -0.1) is 11.8 Å². The highest BCUT2D eigenvalue weighted by atomic mass is 35.5. The lowest BCUT2D eigenvalue weighted by Crippen LogP contribution is -2.40. The highest BCUT2D eigenvalue weighted by Gasteiger charge is 2.43. The van der Waals surface area contributed by atoms with Gasteiger partial charge in [-0.2, -0.15) is 10.5 Å². The number of nitriles is 2. The number of carbonyl (C=O) groups is 4. The summed E-state index contributed by atoms with van der Waals surface area (Å²) in [6.45, 7) is -0.0713. The summed E-state index contributed by atoms with van der Waals surface area (Å²) in [5, 5.41) is 25.5. The minimum atomic E-state index is -1.09. The number of rotatable bonds is 13. The van der Waals surface area contributed by atoms with Crippen LogP contribution in [0, 0.1) is 28.6 Å². The third-order valence-electron chi connectivity index (χ3n) is 8.96. The molecule has 0 bridgehead atoms. The van der Waals surface area contributed by atoms with Crippen molar-refractivity contribution in [1.29, 1.82) is 10.5 Å². The number of amides is 4. The maximum absolute atomic E-state index is 13.7. The topological polar surface area (TPSA) is 146 Å². The van der Waals surface area contributed by atoms with Gasteiger partial charge in [-0.25, -0.2) is 0 Å². The number of nitrogens with one attached hydrogen (secondary N) is 2. The molecule has 2 heterocycles. The van der Waals surface area contributed by atoms with Crippen LogP contribution >= 0.6 is 46.7 Å². The molecule has 2 fully saturated rings. The molecule has 55 heavy (non-hydrogen) atoms. The van der Waals surface area contributed by atoms with Gasteiger partial charge in [-0.1, -0.05) is 95.6 Å². The van der Waals surface area contributed by atoms with Crippen LogP contribution in [-0.2, 0) is 32.0 Å². The molecule has 6 rings (SSSR count). The normalized spacial score (nSPS) is 19.4. The van der Waals surface area contributed by atoms with Gasteiger partial charge < -0.3 is 10.6 Å². The van der Waals surface area contributed by atoms with Crippen molar-refractivity contribution < 1.29 is 19.2 Å². The first-order valence-electron chi connectivity index (χ1n) is 17.3. The van der Waals surface area contributed by atoms with Crippen LogP contribution in [0.3, 0.4) is 0 Å². The molecule has 2 saturated heterocycles. The van der Waals surface area contributed by atoms with E-state index >= 15 is 0 Å². The molecule has 2 aliphatic heterocycles. The molecular formula is C41H34Cl2N6O4S2. The summed E-state index contributed by atoms with van der Waals surface area (Å²) in [6.07, 6.45) is 0.905. The van der Waals surface area contributed by atoms with E-state index in [1.165, 1.54) is 16.7 Å². The predicted octanol–water partition coefficient (Wildman–Crippen LogP) is 6.90. The molecule has 0 spiro atoms. The quantitative estimate of drug-likeness (QED) is 0.0843. The van der Waals surface area contributed by atoms with Gasteiger partial charge in [0.1, 0.15) is 22.6 Å². The van der Waals surface area contributed by atoms with E-state index in [4.69, 9.17) is 23.2 Å². The Hall–Kier alpha value is -5.24. The van der Waals surface area contributed by atoms with E-state index in [0.717, 1.165) is 22.9 Å². The lowest BCUT2D eigenvalue weighted by atomic mass is 10.0. The summed E-state index contributed by atoms with van der Waals surface area (Å²) in [7, 11) is 0. The molecule has 0 saturated carbocycles. The lowest BCUT2D eigenvalue weighted by molar-refractivity contribution is -0.124. The molecular weight excluding hydrogens is 776 g/mol. The van der Waals surface area contributed by atoms with Crippen molar-refractivity contribution in [2.75, 3.05) is 22.9 Å². The summed E-state index contributed by atoms with van der Waals surface area (Å²) in [5.41, 5.74) is 2.78. The highest BCUT2D eigenvalue weighted by molar-refractivity contribution is 8.05. The second kappa shape index (κ2) is 18.4. The Morgan fingerprint density at radius 2 is 1.27 bits per heavy atom. The van der Waals surface area contributed by atoms with Crippen LogP contribution in [0.15, 0.2) is 120 Å². The van der Waals surface area contributed by atoms with E-state index in [0.29, 0.717) is 34.3 Å². The largest absolute Gasteiger partial charge is 0.353 e. The van der Waals surface area contributed by atoms with Crippen LogP contribution in [0.1, 0.15) is 17.5 Å². The Bertz CT molecular complexity index is 2160. The number of anilines is 2. The molecule has 278 valence electrons. The van der Waals surface area contributed by atoms with E-state index in [1.807, 2.05) is 60.7 Å². The van der Waals surface area contributed by atoms with Gasteiger partial charge in [-0.05, 0) is 72.5 Å². The average Bonchev–Trinajstić information content (AvgIpc) is 3.68. The Labute approximate surface area is 337 Å². The molecule has 0 unspecified atom stereocenters. The van der Waals surface area contributed by atoms with Crippen LogP contribution in [0.25, 0.3) is 0 Å². The third kappa shape index (κ3) is 9.53. The maximum atomic E-state index is 13.7. The van der Waals surface area contributed by atoms with Gasteiger partial charge in [0.15, 0.2) is 0 Å². The third-order valence-corrected chi connectivity index (χ3v) is 12.1. The van der Waals surface area contributed by atoms with Crippen molar-refractivity contribution in [3.05, 3.63) is 141 Å². The molecule has 2 N–H and O–H groups in total. The standard InChI is InChI=1S/C41H34Cl2N6O4S2/c42-29-15-11-26(12-16-29)21-34-39(52)48(31-7-3-1-4-8-31)36(54-34)23-28(24-44)37(50)46-19-20-47-38(51)33(25-45)41-49(32-9-5-2-6-10-32)40(53)35(55-41)22-27-13-17-30(43)18-14-27/h1-18,28,34-36H,19-23H2,(H,46,50)(H,47,51)/b41-33-/t28-,34-,35-,36+/m0/s1. The zero-order valence-corrected chi connectivity index (χ0v) is 32.4. The van der Waals surface area contributed by atoms with Gasteiger partial charge in [0.25, 0.3) is 5.91 Å². The van der Waals surface area contributed by atoms with Crippen LogP contribution in [0.4, 0.5) is 11.4 Å². The SMILES string of the molecule is N#C/C(C(=O)NCCNC(=O)[C@H](C#N)C[C@H]1S[C@@H](Cc2ccc(Cl)cc2)C(=O)N1c1ccccc1)=C1/S[C@@H](Cc2ccc(Cl)cc2)C(=O)N1c1ccccc1. The van der Waals surface area contributed by atoms with E-state index < -0.39 is 33.6 Å². The first-order valence-corrected chi connectivity index (χ1v) is 19.9. The first-order chi connectivity index (χ1) is 26.7. The molecule has 0 aromatic heterocycles. The summed E-state index contributed by atoms with van der Waals surface area (Å²) in [4.78, 5) is 57.2. The zero-order valence-electron chi connectivity index (χ0n) is 29.2. The lowest BCUT2D eigenvalue weighted by Gasteiger charge is -2.25. The fraction of sp³-hybridized carbons (Fsp3) is 0.220. The number of benzene rings is 4.